The molecule has 1 fully saturated rings. The van der Waals surface area contributed by atoms with E-state index in [1.54, 1.807) is 30.3 Å². The van der Waals surface area contributed by atoms with Gasteiger partial charge in [0.25, 0.3) is 16.5 Å². The monoisotopic (exact) mass is 514 g/mol. The number of pyridine rings is 1. The number of anilines is 1. The van der Waals surface area contributed by atoms with Crippen molar-refractivity contribution in [3.63, 3.8) is 0 Å². The quantitative estimate of drug-likeness (QED) is 0.388. The summed E-state index contributed by atoms with van der Waals surface area (Å²) < 4.78 is 39.8. The summed E-state index contributed by atoms with van der Waals surface area (Å²) in [6, 6.07) is 15.6. The Bertz CT molecular complexity index is 1300. The van der Waals surface area contributed by atoms with Gasteiger partial charge in [-0.2, -0.15) is 13.4 Å². The number of nitrogens with one attached hydrogen (secondary N) is 1. The highest BCUT2D eigenvalue weighted by Gasteiger charge is 2.24. The third-order valence-electron chi connectivity index (χ3n) is 6.10. The lowest BCUT2D eigenvalue weighted by atomic mass is 9.95. The van der Waals surface area contributed by atoms with Crippen LogP contribution in [0.15, 0.2) is 59.6 Å². The van der Waals surface area contributed by atoms with E-state index in [4.69, 9.17) is 21.1 Å². The number of hydrogen-bond donors (Lipinski definition) is 1. The van der Waals surface area contributed by atoms with Crippen molar-refractivity contribution in [2.45, 2.75) is 56.8 Å². The zero-order chi connectivity index (χ0) is 25.0. The van der Waals surface area contributed by atoms with Crippen LogP contribution in [-0.4, -0.2) is 32.1 Å². The van der Waals surface area contributed by atoms with Crippen LogP contribution in [0.3, 0.4) is 0 Å². The van der Waals surface area contributed by atoms with E-state index in [1.165, 1.54) is 6.07 Å². The van der Waals surface area contributed by atoms with E-state index in [1.807, 2.05) is 32.0 Å². The number of benzene rings is 2. The Hall–Kier alpha value is -3.10. The van der Waals surface area contributed by atoms with Crippen LogP contribution in [-0.2, 0) is 19.6 Å². The predicted molar refractivity (Wildman–Crippen MR) is 135 cm³/mol. The molecule has 184 valence electrons. The van der Waals surface area contributed by atoms with Crippen LogP contribution >= 0.6 is 11.6 Å². The van der Waals surface area contributed by atoms with Crippen molar-refractivity contribution in [1.29, 1.82) is 0 Å². The van der Waals surface area contributed by atoms with Crippen LogP contribution in [0.2, 0.25) is 5.02 Å². The lowest BCUT2D eigenvalue weighted by Gasteiger charge is -2.27. The Morgan fingerprint density at radius 1 is 0.971 bits per heavy atom. The van der Waals surface area contributed by atoms with Crippen LogP contribution in [0.4, 0.5) is 5.69 Å². The molecule has 0 saturated heterocycles. The maximum absolute atomic E-state index is 13.1. The molecule has 4 rings (SSSR count). The number of hydrogen-bond acceptors (Lipinski definition) is 6. The van der Waals surface area contributed by atoms with Gasteiger partial charge in [-0.25, -0.2) is 0 Å². The molecule has 0 bridgehead atoms. The largest absolute Gasteiger partial charge is 0.474 e. The third-order valence-corrected chi connectivity index (χ3v) is 7.71. The molecule has 1 aliphatic rings. The molecular weight excluding hydrogens is 488 g/mol. The molecule has 0 radical (unpaired) electrons. The number of rotatable bonds is 8. The van der Waals surface area contributed by atoms with Gasteiger partial charge in [-0.05, 0) is 80.5 Å². The number of aryl methyl sites for hydroxylation is 2. The Kier molecular flexibility index (Phi) is 7.62. The number of halogens is 1. The van der Waals surface area contributed by atoms with Crippen molar-refractivity contribution in [2.24, 2.45) is 0 Å². The third kappa shape index (κ3) is 5.94. The molecule has 35 heavy (non-hydrogen) atoms. The second-order valence-corrected chi connectivity index (χ2v) is 10.7. The molecule has 0 amide bonds. The molecular formula is C26H27ClN2O5S. The molecule has 0 unspecified atom stereocenters. The summed E-state index contributed by atoms with van der Waals surface area (Å²) in [5.41, 5.74) is 4.20. The number of carbonyl (C=O) groups excluding carboxylic acids is 1. The number of ether oxygens (including phenoxy) is 2. The standard InChI is InChI=1S/C26H27ClN2O5S/c1-17-5-3-6-18(2)26(17)22-15-19(9-14-23(22)27)29-35(31,32)25-8-4-7-24(28-25)34-21-12-10-20(11-13-21)33-16-30/h3-9,14-16,20-21,29H,10-13H2,1-2H3. The minimum absolute atomic E-state index is 0.0936. The highest BCUT2D eigenvalue weighted by molar-refractivity contribution is 7.92. The smallest absolute Gasteiger partial charge is 0.293 e. The molecule has 1 aliphatic carbocycles. The maximum Gasteiger partial charge on any atom is 0.293 e. The minimum atomic E-state index is -3.97. The number of nitrogens with zero attached hydrogens (tertiary/aromatic N) is 1. The van der Waals surface area contributed by atoms with Gasteiger partial charge in [0, 0.05) is 22.3 Å². The zero-order valence-corrected chi connectivity index (χ0v) is 21.1. The van der Waals surface area contributed by atoms with Crippen LogP contribution in [0.25, 0.3) is 11.1 Å². The molecule has 1 aromatic heterocycles. The van der Waals surface area contributed by atoms with Crippen molar-refractivity contribution >= 4 is 33.8 Å². The molecule has 0 atom stereocenters. The topological polar surface area (TPSA) is 94.6 Å². The van der Waals surface area contributed by atoms with Crippen LogP contribution in [0, 0.1) is 13.8 Å². The first-order valence-corrected chi connectivity index (χ1v) is 13.2. The summed E-state index contributed by atoms with van der Waals surface area (Å²) >= 11 is 6.47. The Morgan fingerprint density at radius 3 is 2.31 bits per heavy atom. The second kappa shape index (κ2) is 10.7. The van der Waals surface area contributed by atoms with Gasteiger partial charge in [0.15, 0.2) is 5.03 Å². The van der Waals surface area contributed by atoms with Gasteiger partial charge in [0.1, 0.15) is 12.2 Å². The van der Waals surface area contributed by atoms with Crippen molar-refractivity contribution < 1.29 is 22.7 Å². The van der Waals surface area contributed by atoms with Gasteiger partial charge in [-0.1, -0.05) is 35.9 Å². The lowest BCUT2D eigenvalue weighted by Crippen LogP contribution is -2.28. The summed E-state index contributed by atoms with van der Waals surface area (Å²) in [6.07, 6.45) is 2.58. The van der Waals surface area contributed by atoms with E-state index >= 15 is 0 Å². The molecule has 0 aliphatic heterocycles. The highest BCUT2D eigenvalue weighted by atomic mass is 35.5. The molecule has 9 heteroatoms. The zero-order valence-electron chi connectivity index (χ0n) is 19.5. The van der Waals surface area contributed by atoms with Gasteiger partial charge in [0.05, 0.1) is 0 Å². The van der Waals surface area contributed by atoms with E-state index in [-0.39, 0.29) is 23.1 Å². The molecule has 1 N–H and O–H groups in total. The van der Waals surface area contributed by atoms with Gasteiger partial charge >= 0.3 is 0 Å². The normalized spacial score (nSPS) is 18.0. The van der Waals surface area contributed by atoms with Crippen molar-refractivity contribution in [3.8, 4) is 17.0 Å². The SMILES string of the molecule is Cc1cccc(C)c1-c1cc(NS(=O)(=O)c2cccc(OC3CCC(OC=O)CC3)n2)ccc1Cl. The summed E-state index contributed by atoms with van der Waals surface area (Å²) in [7, 11) is -3.97. The van der Waals surface area contributed by atoms with E-state index < -0.39 is 10.0 Å². The summed E-state index contributed by atoms with van der Waals surface area (Å²) in [4.78, 5) is 14.7. The Balaban J connectivity index is 1.52. The Morgan fingerprint density at radius 2 is 1.63 bits per heavy atom. The predicted octanol–water partition coefficient (Wildman–Crippen LogP) is 5.68. The first-order chi connectivity index (χ1) is 16.8. The summed E-state index contributed by atoms with van der Waals surface area (Å²) in [5.74, 6) is 0.236. The fraction of sp³-hybridized carbons (Fsp3) is 0.308. The molecule has 7 nitrogen and oxygen atoms in total. The first-order valence-electron chi connectivity index (χ1n) is 11.4. The van der Waals surface area contributed by atoms with Crippen LogP contribution < -0.4 is 9.46 Å². The number of aromatic nitrogens is 1. The maximum atomic E-state index is 13.1. The van der Waals surface area contributed by atoms with Crippen molar-refractivity contribution in [1.82, 2.24) is 4.98 Å². The van der Waals surface area contributed by atoms with E-state index in [0.717, 1.165) is 22.3 Å². The average Bonchev–Trinajstić information content (AvgIpc) is 2.82. The summed E-state index contributed by atoms with van der Waals surface area (Å²) in [6.45, 7) is 4.46. The number of carbonyl (C=O) groups is 1. The van der Waals surface area contributed by atoms with Crippen molar-refractivity contribution in [2.75, 3.05) is 4.72 Å². The fourth-order valence-corrected chi connectivity index (χ4v) is 5.60. The number of sulfonamides is 1. The average molecular weight is 515 g/mol. The van der Waals surface area contributed by atoms with Gasteiger partial charge < -0.3 is 9.47 Å². The molecule has 1 saturated carbocycles. The molecule has 0 spiro atoms. The van der Waals surface area contributed by atoms with E-state index in [2.05, 4.69) is 9.71 Å². The van der Waals surface area contributed by atoms with Gasteiger partial charge in [-0.15, -0.1) is 0 Å². The first kappa shape index (κ1) is 25.0. The van der Waals surface area contributed by atoms with Gasteiger partial charge in [0.2, 0.25) is 5.88 Å². The lowest BCUT2D eigenvalue weighted by molar-refractivity contribution is -0.135. The molecule has 1 heterocycles. The van der Waals surface area contributed by atoms with E-state index in [0.29, 0.717) is 42.9 Å². The van der Waals surface area contributed by atoms with E-state index in [9.17, 15) is 13.2 Å². The van der Waals surface area contributed by atoms with Gasteiger partial charge in [-0.3, -0.25) is 9.52 Å². The van der Waals surface area contributed by atoms with Crippen LogP contribution in [0.5, 0.6) is 5.88 Å². The summed E-state index contributed by atoms with van der Waals surface area (Å²) in [5, 5.41) is 0.392. The van der Waals surface area contributed by atoms with Crippen LogP contribution in [0.1, 0.15) is 36.8 Å². The fourth-order valence-electron chi connectivity index (χ4n) is 4.37. The Labute approximate surface area is 210 Å². The highest BCUT2D eigenvalue weighted by Crippen LogP contribution is 2.35. The molecule has 2 aromatic carbocycles. The van der Waals surface area contributed by atoms with Crippen molar-refractivity contribution in [3.05, 3.63) is 70.7 Å². The minimum Gasteiger partial charge on any atom is -0.474 e. The second-order valence-electron chi connectivity index (χ2n) is 8.63. The molecule has 3 aromatic rings.